The van der Waals surface area contributed by atoms with Crippen molar-refractivity contribution in [1.29, 1.82) is 0 Å². The molecule has 0 aliphatic rings. The van der Waals surface area contributed by atoms with E-state index in [1.54, 1.807) is 13.3 Å². The van der Waals surface area contributed by atoms with Crippen LogP contribution in [0.1, 0.15) is 0 Å². The summed E-state index contributed by atoms with van der Waals surface area (Å²) >= 11 is 0. The molecule has 17 heavy (non-hydrogen) atoms. The zero-order valence-electron chi connectivity index (χ0n) is 9.50. The van der Waals surface area contributed by atoms with E-state index in [1.165, 1.54) is 5.39 Å². The van der Waals surface area contributed by atoms with Crippen LogP contribution in [-0.4, -0.2) is 16.7 Å². The van der Waals surface area contributed by atoms with Crippen molar-refractivity contribution in [1.82, 2.24) is 9.55 Å². The predicted molar refractivity (Wildman–Crippen MR) is 67.6 cm³/mol. The van der Waals surface area contributed by atoms with Gasteiger partial charge in [-0.25, -0.2) is 4.98 Å². The molecule has 84 valence electrons. The van der Waals surface area contributed by atoms with Gasteiger partial charge in [-0.2, -0.15) is 0 Å². The second-order valence-corrected chi connectivity index (χ2v) is 3.80. The standard InChI is InChI=1S/C14H12N2O/c1-17-12-6-7-14(15-10-12)16-9-8-11-4-2-3-5-13(11)16/h2-10H,1H3. The van der Waals surface area contributed by atoms with E-state index in [2.05, 4.69) is 27.8 Å². The highest BCUT2D eigenvalue weighted by Gasteiger charge is 2.03. The number of para-hydroxylation sites is 1. The summed E-state index contributed by atoms with van der Waals surface area (Å²) in [5.74, 6) is 1.66. The van der Waals surface area contributed by atoms with Crippen LogP contribution in [0.2, 0.25) is 0 Å². The molecule has 3 heteroatoms. The quantitative estimate of drug-likeness (QED) is 0.669. The van der Waals surface area contributed by atoms with Crippen LogP contribution in [0.25, 0.3) is 16.7 Å². The van der Waals surface area contributed by atoms with E-state index >= 15 is 0 Å². The van der Waals surface area contributed by atoms with Gasteiger partial charge in [0.2, 0.25) is 0 Å². The number of aromatic nitrogens is 2. The minimum Gasteiger partial charge on any atom is -0.495 e. The highest BCUT2D eigenvalue weighted by molar-refractivity contribution is 5.81. The van der Waals surface area contributed by atoms with E-state index in [9.17, 15) is 0 Å². The van der Waals surface area contributed by atoms with E-state index in [-0.39, 0.29) is 0 Å². The van der Waals surface area contributed by atoms with Crippen LogP contribution in [0.15, 0.2) is 54.9 Å². The normalized spacial score (nSPS) is 10.6. The van der Waals surface area contributed by atoms with Crippen molar-refractivity contribution in [3.63, 3.8) is 0 Å². The van der Waals surface area contributed by atoms with Gasteiger partial charge in [0.1, 0.15) is 11.6 Å². The van der Waals surface area contributed by atoms with Gasteiger partial charge in [-0.1, -0.05) is 18.2 Å². The number of methoxy groups -OCH3 is 1. The zero-order chi connectivity index (χ0) is 11.7. The van der Waals surface area contributed by atoms with Crippen LogP contribution in [0.5, 0.6) is 5.75 Å². The third-order valence-electron chi connectivity index (χ3n) is 2.80. The summed E-state index contributed by atoms with van der Waals surface area (Å²) in [5, 5.41) is 1.21. The van der Waals surface area contributed by atoms with Gasteiger partial charge in [0, 0.05) is 6.20 Å². The summed E-state index contributed by atoms with van der Waals surface area (Å²) in [4.78, 5) is 4.38. The first-order valence-corrected chi connectivity index (χ1v) is 5.45. The zero-order valence-corrected chi connectivity index (χ0v) is 9.50. The molecule has 0 aliphatic carbocycles. The summed E-state index contributed by atoms with van der Waals surface area (Å²) in [6.07, 6.45) is 3.75. The first-order valence-electron chi connectivity index (χ1n) is 5.45. The molecule has 0 unspecified atom stereocenters. The van der Waals surface area contributed by atoms with Gasteiger partial charge in [-0.15, -0.1) is 0 Å². The Morgan fingerprint density at radius 2 is 1.94 bits per heavy atom. The molecule has 0 saturated carbocycles. The average molecular weight is 224 g/mol. The van der Waals surface area contributed by atoms with Crippen LogP contribution >= 0.6 is 0 Å². The second kappa shape index (κ2) is 3.94. The number of hydrogen-bond acceptors (Lipinski definition) is 2. The summed E-state index contributed by atoms with van der Waals surface area (Å²) in [6, 6.07) is 14.2. The smallest absolute Gasteiger partial charge is 0.137 e. The van der Waals surface area contributed by atoms with Crippen LogP contribution in [0.3, 0.4) is 0 Å². The van der Waals surface area contributed by atoms with E-state index in [1.807, 2.05) is 30.5 Å². The Hall–Kier alpha value is -2.29. The number of hydrogen-bond donors (Lipinski definition) is 0. The minimum absolute atomic E-state index is 0.769. The largest absolute Gasteiger partial charge is 0.495 e. The molecule has 0 spiro atoms. The molecule has 0 N–H and O–H groups in total. The maximum Gasteiger partial charge on any atom is 0.137 e. The number of pyridine rings is 1. The fourth-order valence-electron chi connectivity index (χ4n) is 1.92. The topological polar surface area (TPSA) is 27.1 Å². The molecule has 2 aromatic heterocycles. The summed E-state index contributed by atoms with van der Waals surface area (Å²) in [7, 11) is 1.64. The number of fused-ring (bicyclic) bond motifs is 1. The van der Waals surface area contributed by atoms with Crippen LogP contribution in [0.4, 0.5) is 0 Å². The van der Waals surface area contributed by atoms with Crippen molar-refractivity contribution in [2.75, 3.05) is 7.11 Å². The molecule has 0 bridgehead atoms. The number of benzene rings is 1. The van der Waals surface area contributed by atoms with Gasteiger partial charge in [-0.3, -0.25) is 0 Å². The maximum atomic E-state index is 5.10. The molecule has 0 aliphatic heterocycles. The maximum absolute atomic E-state index is 5.10. The van der Waals surface area contributed by atoms with Crippen molar-refractivity contribution >= 4 is 10.9 Å². The number of nitrogens with zero attached hydrogens (tertiary/aromatic N) is 2. The molecular weight excluding hydrogens is 212 g/mol. The van der Waals surface area contributed by atoms with E-state index in [4.69, 9.17) is 4.74 Å². The lowest BCUT2D eigenvalue weighted by Gasteiger charge is -2.05. The molecule has 0 saturated heterocycles. The molecule has 1 aromatic carbocycles. The molecule has 0 fully saturated rings. The van der Waals surface area contributed by atoms with Crippen molar-refractivity contribution in [2.45, 2.75) is 0 Å². The highest BCUT2D eigenvalue weighted by Crippen LogP contribution is 2.19. The van der Waals surface area contributed by atoms with Crippen molar-refractivity contribution in [2.24, 2.45) is 0 Å². The molecule has 0 atom stereocenters. The summed E-state index contributed by atoms with van der Waals surface area (Å²) in [6.45, 7) is 0. The first kappa shape index (κ1) is 9.90. The SMILES string of the molecule is COc1ccc(-n2ccc3ccccc32)nc1. The molecular formula is C14H12N2O. The third kappa shape index (κ3) is 1.65. The van der Waals surface area contributed by atoms with Gasteiger partial charge in [0.05, 0.1) is 18.8 Å². The highest BCUT2D eigenvalue weighted by atomic mass is 16.5. The summed E-state index contributed by atoms with van der Waals surface area (Å²) < 4.78 is 7.17. The van der Waals surface area contributed by atoms with Gasteiger partial charge in [0.25, 0.3) is 0 Å². The minimum atomic E-state index is 0.769. The molecule has 3 rings (SSSR count). The van der Waals surface area contributed by atoms with Gasteiger partial charge in [-0.05, 0) is 29.7 Å². The molecule has 2 heterocycles. The third-order valence-corrected chi connectivity index (χ3v) is 2.80. The fourth-order valence-corrected chi connectivity index (χ4v) is 1.92. The Balaban J connectivity index is 2.13. The van der Waals surface area contributed by atoms with Crippen molar-refractivity contribution in [3.05, 3.63) is 54.9 Å². The van der Waals surface area contributed by atoms with Gasteiger partial charge < -0.3 is 9.30 Å². The lowest BCUT2D eigenvalue weighted by molar-refractivity contribution is 0.413. The monoisotopic (exact) mass is 224 g/mol. The Morgan fingerprint density at radius 3 is 2.71 bits per heavy atom. The lowest BCUT2D eigenvalue weighted by Crippen LogP contribution is -1.95. The van der Waals surface area contributed by atoms with Crippen LogP contribution < -0.4 is 4.74 Å². The van der Waals surface area contributed by atoms with Crippen LogP contribution in [0, 0.1) is 0 Å². The van der Waals surface area contributed by atoms with Crippen molar-refractivity contribution < 1.29 is 4.74 Å². The van der Waals surface area contributed by atoms with E-state index in [0.29, 0.717) is 0 Å². The van der Waals surface area contributed by atoms with Gasteiger partial charge >= 0.3 is 0 Å². The first-order chi connectivity index (χ1) is 8.38. The Bertz CT molecular complexity index is 641. The predicted octanol–water partition coefficient (Wildman–Crippen LogP) is 3.03. The fraction of sp³-hybridized carbons (Fsp3) is 0.0714. The van der Waals surface area contributed by atoms with E-state index < -0.39 is 0 Å². The molecule has 0 radical (unpaired) electrons. The van der Waals surface area contributed by atoms with Crippen LogP contribution in [-0.2, 0) is 0 Å². The second-order valence-electron chi connectivity index (χ2n) is 3.80. The van der Waals surface area contributed by atoms with Gasteiger partial charge in [0.15, 0.2) is 0 Å². The Morgan fingerprint density at radius 1 is 1.06 bits per heavy atom. The average Bonchev–Trinajstić information content (AvgIpc) is 2.83. The van der Waals surface area contributed by atoms with E-state index in [0.717, 1.165) is 17.1 Å². The Labute approximate surface area is 99.3 Å². The molecule has 0 amide bonds. The Kier molecular flexibility index (Phi) is 2.29. The lowest BCUT2D eigenvalue weighted by atomic mass is 10.2. The number of rotatable bonds is 2. The summed E-state index contributed by atoms with van der Waals surface area (Å²) in [5.41, 5.74) is 1.16. The molecule has 3 nitrogen and oxygen atoms in total. The molecule has 3 aromatic rings. The number of ether oxygens (including phenoxy) is 1. The van der Waals surface area contributed by atoms with Crippen molar-refractivity contribution in [3.8, 4) is 11.6 Å².